The van der Waals surface area contributed by atoms with E-state index in [-0.39, 0.29) is 24.2 Å². The van der Waals surface area contributed by atoms with E-state index in [1.807, 2.05) is 6.92 Å². The fraction of sp³-hybridized carbons (Fsp3) is 0.333. The first-order chi connectivity index (χ1) is 14.4. The zero-order valence-electron chi connectivity index (χ0n) is 16.9. The van der Waals surface area contributed by atoms with Gasteiger partial charge >= 0.3 is 0 Å². The molecule has 4 rings (SSSR count). The molecule has 0 bridgehead atoms. The molecule has 1 aliphatic heterocycles. The van der Waals surface area contributed by atoms with Crippen LogP contribution in [0.3, 0.4) is 0 Å². The van der Waals surface area contributed by atoms with Gasteiger partial charge in [-0.25, -0.2) is 13.9 Å². The van der Waals surface area contributed by atoms with Crippen molar-refractivity contribution in [3.63, 3.8) is 0 Å². The first kappa shape index (κ1) is 20.1. The van der Waals surface area contributed by atoms with Crippen LogP contribution in [-0.2, 0) is 11.2 Å². The second kappa shape index (κ2) is 7.58. The number of rotatable bonds is 7. The van der Waals surface area contributed by atoms with Crippen molar-refractivity contribution in [3.05, 3.63) is 59.7 Å². The van der Waals surface area contributed by atoms with Crippen molar-refractivity contribution in [2.75, 3.05) is 25.6 Å². The number of aliphatic hydroxyl groups excluding tert-OH is 1. The average molecular weight is 413 g/mol. The molecule has 2 atom stereocenters. The number of nitrogens with two attached hydrogens (primary N) is 1. The largest absolute Gasteiger partial charge is 0.508 e. The Morgan fingerprint density at radius 2 is 2.33 bits per heavy atom. The molecule has 0 radical (unpaired) electrons. The number of hydrogen-bond acceptors (Lipinski definition) is 7. The highest BCUT2D eigenvalue weighted by Crippen LogP contribution is 2.41. The van der Waals surface area contributed by atoms with E-state index in [0.717, 1.165) is 5.56 Å². The van der Waals surface area contributed by atoms with Gasteiger partial charge in [0.05, 0.1) is 24.4 Å². The minimum absolute atomic E-state index is 0.115. The monoisotopic (exact) mass is 413 g/mol. The minimum atomic E-state index is -0.704. The van der Waals surface area contributed by atoms with E-state index >= 15 is 0 Å². The van der Waals surface area contributed by atoms with Gasteiger partial charge in [0, 0.05) is 37.4 Å². The van der Waals surface area contributed by atoms with Crippen molar-refractivity contribution in [3.8, 4) is 5.75 Å². The summed E-state index contributed by atoms with van der Waals surface area (Å²) in [5, 5.41) is 17.1. The van der Waals surface area contributed by atoms with Gasteiger partial charge in [0.25, 0.3) is 0 Å². The van der Waals surface area contributed by atoms with Gasteiger partial charge in [0.15, 0.2) is 5.65 Å². The average Bonchev–Trinajstić information content (AvgIpc) is 3.28. The lowest BCUT2D eigenvalue weighted by Gasteiger charge is -2.27. The molecule has 1 aliphatic rings. The molecule has 0 spiro atoms. The van der Waals surface area contributed by atoms with Crippen LogP contribution in [0, 0.1) is 5.82 Å². The van der Waals surface area contributed by atoms with Crippen molar-refractivity contribution in [1.82, 2.24) is 14.6 Å². The van der Waals surface area contributed by atoms with E-state index in [4.69, 9.17) is 15.2 Å². The molecule has 0 saturated carbocycles. The lowest BCUT2D eigenvalue weighted by Crippen LogP contribution is -2.46. The summed E-state index contributed by atoms with van der Waals surface area (Å²) in [5.41, 5.74) is 7.57. The van der Waals surface area contributed by atoms with Crippen molar-refractivity contribution < 1.29 is 19.0 Å². The number of nitrogens with one attached hydrogen (secondary N) is 1. The fourth-order valence-electron chi connectivity index (χ4n) is 3.82. The van der Waals surface area contributed by atoms with Gasteiger partial charge in [-0.3, -0.25) is 0 Å². The van der Waals surface area contributed by atoms with E-state index in [9.17, 15) is 9.50 Å². The molecule has 0 fully saturated rings. The smallest absolute Gasteiger partial charge is 0.168 e. The Hall–Kier alpha value is -3.17. The van der Waals surface area contributed by atoms with Gasteiger partial charge in [-0.05, 0) is 25.1 Å². The van der Waals surface area contributed by atoms with E-state index in [2.05, 4.69) is 22.0 Å². The van der Waals surface area contributed by atoms with Gasteiger partial charge in [0.1, 0.15) is 28.7 Å². The maximum absolute atomic E-state index is 14.4. The number of methoxy groups -OCH3 is 1. The molecule has 8 nitrogen and oxygen atoms in total. The third-order valence-corrected chi connectivity index (χ3v) is 5.28. The third-order valence-electron chi connectivity index (χ3n) is 5.28. The number of aromatic nitrogens is 3. The first-order valence-electron chi connectivity index (χ1n) is 9.55. The van der Waals surface area contributed by atoms with Crippen LogP contribution in [0.25, 0.3) is 11.4 Å². The summed E-state index contributed by atoms with van der Waals surface area (Å²) >= 11 is 0. The topological polar surface area (TPSA) is 107 Å². The molecule has 158 valence electrons. The quantitative estimate of drug-likeness (QED) is 0.511. The summed E-state index contributed by atoms with van der Waals surface area (Å²) in [6, 6.07) is 4.36. The van der Waals surface area contributed by atoms with Gasteiger partial charge in [-0.1, -0.05) is 6.58 Å². The van der Waals surface area contributed by atoms with Crippen LogP contribution in [0.1, 0.15) is 29.7 Å². The summed E-state index contributed by atoms with van der Waals surface area (Å²) in [4.78, 5) is 4.51. The number of benzene rings is 1. The fourth-order valence-corrected chi connectivity index (χ4v) is 3.82. The maximum atomic E-state index is 14.4. The van der Waals surface area contributed by atoms with Crippen LogP contribution in [0.2, 0.25) is 0 Å². The molecule has 0 amide bonds. The molecule has 30 heavy (non-hydrogen) atoms. The highest BCUT2D eigenvalue weighted by atomic mass is 19.1. The Kier molecular flexibility index (Phi) is 5.08. The SMILES string of the molecule is C=C(O)c1cnn2ccc(N[C@H](C)c3cc(F)cc4c3OC(CN)(COC)C4)nc12. The Bertz CT molecular complexity index is 1120. The number of hydrogen-bond donors (Lipinski definition) is 3. The van der Waals surface area contributed by atoms with E-state index in [0.29, 0.717) is 41.4 Å². The zero-order valence-corrected chi connectivity index (χ0v) is 16.9. The number of halogens is 1. The second-order valence-corrected chi connectivity index (χ2v) is 7.53. The first-order valence-corrected chi connectivity index (χ1v) is 9.55. The molecular weight excluding hydrogens is 389 g/mol. The van der Waals surface area contributed by atoms with Gasteiger partial charge in [0.2, 0.25) is 0 Å². The van der Waals surface area contributed by atoms with E-state index < -0.39 is 5.60 Å². The molecule has 1 aromatic carbocycles. The van der Waals surface area contributed by atoms with E-state index in [1.54, 1.807) is 19.4 Å². The zero-order chi connectivity index (χ0) is 21.5. The number of anilines is 1. The molecule has 3 heterocycles. The van der Waals surface area contributed by atoms with Crippen LogP contribution in [-0.4, -0.2) is 45.6 Å². The number of nitrogens with zero attached hydrogens (tertiary/aromatic N) is 3. The van der Waals surface area contributed by atoms with Crippen LogP contribution in [0.5, 0.6) is 5.75 Å². The van der Waals surface area contributed by atoms with Crippen LogP contribution in [0.4, 0.5) is 10.2 Å². The summed E-state index contributed by atoms with van der Waals surface area (Å²) in [7, 11) is 1.59. The summed E-state index contributed by atoms with van der Waals surface area (Å²) in [5.74, 6) is 0.698. The summed E-state index contributed by atoms with van der Waals surface area (Å²) in [6.45, 7) is 6.00. The normalized spacial score (nSPS) is 18.8. The highest BCUT2D eigenvalue weighted by molar-refractivity contribution is 5.70. The number of ether oxygens (including phenoxy) is 2. The van der Waals surface area contributed by atoms with Crippen LogP contribution < -0.4 is 15.8 Å². The molecular formula is C21H24FN5O3. The molecule has 0 aliphatic carbocycles. The third kappa shape index (κ3) is 3.46. The molecule has 2 aromatic heterocycles. The molecule has 9 heteroatoms. The van der Waals surface area contributed by atoms with Crippen LogP contribution in [0.15, 0.2) is 37.2 Å². The van der Waals surface area contributed by atoms with Gasteiger partial charge in [-0.15, -0.1) is 0 Å². The maximum Gasteiger partial charge on any atom is 0.168 e. The van der Waals surface area contributed by atoms with Crippen molar-refractivity contribution in [1.29, 1.82) is 0 Å². The Morgan fingerprint density at radius 3 is 3.03 bits per heavy atom. The van der Waals surface area contributed by atoms with Gasteiger partial charge < -0.3 is 25.6 Å². The molecule has 1 unspecified atom stereocenters. The van der Waals surface area contributed by atoms with Gasteiger partial charge in [-0.2, -0.15) is 5.10 Å². The Balaban J connectivity index is 1.65. The predicted molar refractivity (Wildman–Crippen MR) is 111 cm³/mol. The Morgan fingerprint density at radius 1 is 1.53 bits per heavy atom. The summed E-state index contributed by atoms with van der Waals surface area (Å²) in [6.07, 6.45) is 3.69. The van der Waals surface area contributed by atoms with Crippen molar-refractivity contribution in [2.45, 2.75) is 25.0 Å². The predicted octanol–water partition coefficient (Wildman–Crippen LogP) is 2.85. The molecule has 3 aromatic rings. The standard InChI is InChI=1S/C21H24FN5O3/c1-12(25-18-4-5-27-20(26-18)17(9-24-27)13(2)28)16-7-15(22)6-14-8-21(10-23,11-29-3)30-19(14)16/h4-7,9,12,28H,2,8,10-11,23H2,1,3H3,(H,25,26)/t12-,21?/m1/s1. The van der Waals surface area contributed by atoms with Crippen molar-refractivity contribution in [2.24, 2.45) is 5.73 Å². The lowest BCUT2D eigenvalue weighted by atomic mass is 9.96. The minimum Gasteiger partial charge on any atom is -0.508 e. The van der Waals surface area contributed by atoms with Crippen LogP contribution >= 0.6 is 0 Å². The highest BCUT2D eigenvalue weighted by Gasteiger charge is 2.40. The molecule has 0 saturated heterocycles. The molecule has 4 N–H and O–H groups in total. The van der Waals surface area contributed by atoms with Crippen molar-refractivity contribution >= 4 is 17.2 Å². The number of fused-ring (bicyclic) bond motifs is 2. The Labute approximate surface area is 173 Å². The number of aliphatic hydroxyl groups is 1. The second-order valence-electron chi connectivity index (χ2n) is 7.53. The van der Waals surface area contributed by atoms with E-state index in [1.165, 1.54) is 22.8 Å². The summed E-state index contributed by atoms with van der Waals surface area (Å²) < 4.78 is 27.4. The lowest BCUT2D eigenvalue weighted by molar-refractivity contribution is 0.0125.